The Morgan fingerprint density at radius 2 is 2.27 bits per heavy atom. The molecule has 8 heteroatoms. The van der Waals surface area contributed by atoms with Crippen LogP contribution in [0.15, 0.2) is 18.3 Å². The van der Waals surface area contributed by atoms with Crippen molar-refractivity contribution in [3.63, 3.8) is 0 Å². The molecule has 2 aromatic rings. The zero-order valence-electron chi connectivity index (χ0n) is 15.5. The summed E-state index contributed by atoms with van der Waals surface area (Å²) in [6.45, 7) is 6.99. The minimum atomic E-state index is -0.0158. The maximum Gasteiger partial charge on any atom is 0.233 e. The van der Waals surface area contributed by atoms with Gasteiger partial charge in [-0.15, -0.1) is 5.10 Å². The highest BCUT2D eigenvalue weighted by Crippen LogP contribution is 2.28. The molecule has 1 atom stereocenters. The number of amides is 1. The number of ether oxygens (including phenoxy) is 1. The lowest BCUT2D eigenvalue weighted by Crippen LogP contribution is -2.27. The Morgan fingerprint density at radius 3 is 2.96 bits per heavy atom. The van der Waals surface area contributed by atoms with Crippen LogP contribution in [0, 0.1) is 5.92 Å². The number of aromatic nitrogens is 4. The van der Waals surface area contributed by atoms with E-state index >= 15 is 0 Å². The first-order valence-electron chi connectivity index (χ1n) is 8.95. The zero-order valence-corrected chi connectivity index (χ0v) is 15.5. The minimum absolute atomic E-state index is 0.0158. The Hall–Kier alpha value is -2.48. The number of aromatic amines is 1. The van der Waals surface area contributed by atoms with Crippen molar-refractivity contribution >= 4 is 5.91 Å². The SMILES string of the molecule is COc1ccc(CN2CCC(c3[nH]ncc3CNC(=O)C(C)C)C2)nn1. The van der Waals surface area contributed by atoms with E-state index in [0.717, 1.165) is 43.0 Å². The highest BCUT2D eigenvalue weighted by Gasteiger charge is 2.27. The third-order valence-electron chi connectivity index (χ3n) is 4.70. The zero-order chi connectivity index (χ0) is 18.5. The molecule has 1 aliphatic heterocycles. The van der Waals surface area contributed by atoms with E-state index in [9.17, 15) is 4.79 Å². The molecule has 1 amide bonds. The van der Waals surface area contributed by atoms with Crippen molar-refractivity contribution in [1.82, 2.24) is 30.6 Å². The smallest absolute Gasteiger partial charge is 0.233 e. The summed E-state index contributed by atoms with van der Waals surface area (Å²) in [5.41, 5.74) is 3.12. The highest BCUT2D eigenvalue weighted by molar-refractivity contribution is 5.77. The number of hydrogen-bond acceptors (Lipinski definition) is 6. The first kappa shape index (κ1) is 18.3. The molecule has 3 heterocycles. The maximum absolute atomic E-state index is 11.8. The summed E-state index contributed by atoms with van der Waals surface area (Å²) < 4.78 is 5.04. The van der Waals surface area contributed by atoms with Gasteiger partial charge < -0.3 is 10.1 Å². The van der Waals surface area contributed by atoms with Gasteiger partial charge in [0.1, 0.15) is 0 Å². The second kappa shape index (κ2) is 8.27. The Labute approximate surface area is 153 Å². The molecule has 2 aromatic heterocycles. The van der Waals surface area contributed by atoms with Gasteiger partial charge in [0.15, 0.2) is 0 Å². The van der Waals surface area contributed by atoms with Gasteiger partial charge >= 0.3 is 0 Å². The van der Waals surface area contributed by atoms with Crippen LogP contribution < -0.4 is 10.1 Å². The number of nitrogens with one attached hydrogen (secondary N) is 2. The Balaban J connectivity index is 1.57. The number of carbonyl (C=O) groups is 1. The summed E-state index contributed by atoms with van der Waals surface area (Å²) >= 11 is 0. The molecule has 0 bridgehead atoms. The van der Waals surface area contributed by atoms with Crippen molar-refractivity contribution in [2.24, 2.45) is 5.92 Å². The second-order valence-electron chi connectivity index (χ2n) is 6.97. The predicted molar refractivity (Wildman–Crippen MR) is 96.5 cm³/mol. The van der Waals surface area contributed by atoms with Crippen molar-refractivity contribution in [2.75, 3.05) is 20.2 Å². The lowest BCUT2D eigenvalue weighted by molar-refractivity contribution is -0.124. The number of likely N-dealkylation sites (tertiary alicyclic amines) is 1. The van der Waals surface area contributed by atoms with Gasteiger partial charge in [-0.25, -0.2) is 0 Å². The van der Waals surface area contributed by atoms with E-state index in [1.54, 1.807) is 7.11 Å². The van der Waals surface area contributed by atoms with E-state index in [0.29, 0.717) is 18.3 Å². The normalized spacial score (nSPS) is 17.6. The summed E-state index contributed by atoms with van der Waals surface area (Å²) in [5.74, 6) is 0.953. The van der Waals surface area contributed by atoms with Crippen LogP contribution in [-0.4, -0.2) is 51.4 Å². The molecule has 0 aliphatic carbocycles. The van der Waals surface area contributed by atoms with Gasteiger partial charge in [0.25, 0.3) is 0 Å². The number of rotatable bonds is 7. The fraction of sp³-hybridized carbons (Fsp3) is 0.556. The largest absolute Gasteiger partial charge is 0.480 e. The first-order chi connectivity index (χ1) is 12.6. The summed E-state index contributed by atoms with van der Waals surface area (Å²) in [6.07, 6.45) is 2.87. The Morgan fingerprint density at radius 1 is 1.42 bits per heavy atom. The summed E-state index contributed by atoms with van der Waals surface area (Å²) in [6, 6.07) is 3.78. The third kappa shape index (κ3) is 4.37. The monoisotopic (exact) mass is 358 g/mol. The van der Waals surface area contributed by atoms with Crippen LogP contribution in [0.1, 0.15) is 43.1 Å². The number of methoxy groups -OCH3 is 1. The van der Waals surface area contributed by atoms with E-state index in [2.05, 4.69) is 30.6 Å². The first-order valence-corrected chi connectivity index (χ1v) is 8.95. The predicted octanol–water partition coefficient (Wildman–Crippen LogP) is 1.47. The van der Waals surface area contributed by atoms with Gasteiger partial charge in [0, 0.05) is 48.8 Å². The number of nitrogens with zero attached hydrogens (tertiary/aromatic N) is 4. The van der Waals surface area contributed by atoms with Crippen LogP contribution in [0.4, 0.5) is 0 Å². The fourth-order valence-electron chi connectivity index (χ4n) is 3.18. The summed E-state index contributed by atoms with van der Waals surface area (Å²) in [5, 5.41) is 18.5. The topological polar surface area (TPSA) is 96.0 Å². The molecule has 8 nitrogen and oxygen atoms in total. The molecular formula is C18H26N6O2. The average Bonchev–Trinajstić information content (AvgIpc) is 3.29. The molecule has 1 saturated heterocycles. The van der Waals surface area contributed by atoms with Crippen molar-refractivity contribution in [2.45, 2.75) is 39.3 Å². The molecule has 1 fully saturated rings. The number of carbonyl (C=O) groups excluding carboxylic acids is 1. The molecule has 3 rings (SSSR count). The van der Waals surface area contributed by atoms with Gasteiger partial charge in [0.05, 0.1) is 19.0 Å². The molecule has 140 valence electrons. The van der Waals surface area contributed by atoms with Gasteiger partial charge in [-0.1, -0.05) is 13.8 Å². The molecule has 0 saturated carbocycles. The van der Waals surface area contributed by atoms with E-state index < -0.39 is 0 Å². The van der Waals surface area contributed by atoms with Crippen LogP contribution in [0.25, 0.3) is 0 Å². The van der Waals surface area contributed by atoms with Crippen LogP contribution in [0.5, 0.6) is 5.88 Å². The van der Waals surface area contributed by atoms with Crippen LogP contribution in [0.2, 0.25) is 0 Å². The maximum atomic E-state index is 11.8. The van der Waals surface area contributed by atoms with Crippen molar-refractivity contribution in [3.05, 3.63) is 35.3 Å². The minimum Gasteiger partial charge on any atom is -0.480 e. The van der Waals surface area contributed by atoms with E-state index in [1.165, 1.54) is 0 Å². The lowest BCUT2D eigenvalue weighted by atomic mass is 10.0. The number of H-pyrrole nitrogens is 1. The van der Waals surface area contributed by atoms with Gasteiger partial charge in [-0.2, -0.15) is 10.2 Å². The van der Waals surface area contributed by atoms with Gasteiger partial charge in [-0.05, 0) is 19.0 Å². The van der Waals surface area contributed by atoms with Crippen LogP contribution in [-0.2, 0) is 17.9 Å². The second-order valence-corrected chi connectivity index (χ2v) is 6.97. The van der Waals surface area contributed by atoms with Crippen LogP contribution >= 0.6 is 0 Å². The van der Waals surface area contributed by atoms with E-state index in [1.807, 2.05) is 32.2 Å². The van der Waals surface area contributed by atoms with E-state index in [4.69, 9.17) is 4.74 Å². The van der Waals surface area contributed by atoms with E-state index in [-0.39, 0.29) is 11.8 Å². The van der Waals surface area contributed by atoms with Gasteiger partial charge in [0.2, 0.25) is 11.8 Å². The number of hydrogen-bond donors (Lipinski definition) is 2. The highest BCUT2D eigenvalue weighted by atomic mass is 16.5. The van der Waals surface area contributed by atoms with Crippen molar-refractivity contribution in [1.29, 1.82) is 0 Å². The molecule has 1 aliphatic rings. The fourth-order valence-corrected chi connectivity index (χ4v) is 3.18. The van der Waals surface area contributed by atoms with Crippen LogP contribution in [0.3, 0.4) is 0 Å². The molecule has 0 radical (unpaired) electrons. The van der Waals surface area contributed by atoms with Gasteiger partial charge in [-0.3, -0.25) is 14.8 Å². The summed E-state index contributed by atoms with van der Waals surface area (Å²) in [4.78, 5) is 14.2. The average molecular weight is 358 g/mol. The molecular weight excluding hydrogens is 332 g/mol. The molecule has 1 unspecified atom stereocenters. The standard InChI is InChI=1S/C18H26N6O2/c1-12(2)18(25)19-8-14-9-20-23-17(14)13-6-7-24(10-13)11-15-4-5-16(26-3)22-21-15/h4-5,9,12-13H,6-8,10-11H2,1-3H3,(H,19,25)(H,20,23). The molecule has 0 spiro atoms. The van der Waals surface area contributed by atoms with Crippen molar-refractivity contribution in [3.8, 4) is 5.88 Å². The molecule has 26 heavy (non-hydrogen) atoms. The lowest BCUT2D eigenvalue weighted by Gasteiger charge is -2.16. The Kier molecular flexibility index (Phi) is 5.82. The van der Waals surface area contributed by atoms with Crippen molar-refractivity contribution < 1.29 is 9.53 Å². The Bertz CT molecular complexity index is 728. The quantitative estimate of drug-likeness (QED) is 0.778. The molecule has 0 aromatic carbocycles. The third-order valence-corrected chi connectivity index (χ3v) is 4.70. The summed E-state index contributed by atoms with van der Waals surface area (Å²) in [7, 11) is 1.58. The molecule has 2 N–H and O–H groups in total.